The molecular weight excluding hydrogens is 387 g/mol. The first-order chi connectivity index (χ1) is 13.0. The summed E-state index contributed by atoms with van der Waals surface area (Å²) in [5.74, 6) is 0.757. The van der Waals surface area contributed by atoms with Gasteiger partial charge in [-0.2, -0.15) is 0 Å². The summed E-state index contributed by atoms with van der Waals surface area (Å²) in [4.78, 5) is 13.5. The fraction of sp³-hybridized carbons (Fsp3) is 0.0952. The Morgan fingerprint density at radius 3 is 2.81 bits per heavy atom. The Balaban J connectivity index is 1.52. The number of carbonyl (C=O) groups excluding carboxylic acids is 1. The third-order valence-corrected chi connectivity index (χ3v) is 5.53. The molecule has 0 N–H and O–H groups in total. The number of hydrogen-bond acceptors (Lipinski definition) is 4. The monoisotopic (exact) mass is 400 g/mol. The van der Waals surface area contributed by atoms with Crippen molar-refractivity contribution in [2.24, 2.45) is 0 Å². The van der Waals surface area contributed by atoms with E-state index in [2.05, 4.69) is 0 Å². The number of fused-ring (bicyclic) bond motifs is 1. The number of thiophene rings is 1. The molecule has 1 aliphatic heterocycles. The van der Waals surface area contributed by atoms with E-state index < -0.39 is 5.82 Å². The van der Waals surface area contributed by atoms with E-state index in [1.54, 1.807) is 41.7 Å². The largest absolute Gasteiger partial charge is 0.489 e. The zero-order chi connectivity index (χ0) is 19.0. The van der Waals surface area contributed by atoms with Crippen molar-refractivity contribution in [3.63, 3.8) is 0 Å². The van der Waals surface area contributed by atoms with Crippen molar-refractivity contribution in [3.05, 3.63) is 86.0 Å². The standard InChI is InChI=1S/C21H14ClFO3S/c1-12-6-7-27-20(12)10-19-21(24)16-5-4-15(9-18(16)26-19)25-11-13-2-3-14(23)8-17(13)22/h2-10H,11H2,1H3/b19-10+. The van der Waals surface area contributed by atoms with Crippen LogP contribution in [0, 0.1) is 12.7 Å². The zero-order valence-corrected chi connectivity index (χ0v) is 15.9. The second-order valence-electron chi connectivity index (χ2n) is 6.09. The summed E-state index contributed by atoms with van der Waals surface area (Å²) in [5.41, 5.74) is 2.27. The van der Waals surface area contributed by atoms with Gasteiger partial charge in [-0.25, -0.2) is 4.39 Å². The molecule has 136 valence electrons. The first kappa shape index (κ1) is 17.8. The number of rotatable bonds is 4. The fourth-order valence-corrected chi connectivity index (χ4v) is 3.78. The number of Topliss-reactive ketones (excluding diaryl/α,β-unsaturated/α-hetero) is 1. The minimum Gasteiger partial charge on any atom is -0.489 e. The molecule has 3 aromatic rings. The summed E-state index contributed by atoms with van der Waals surface area (Å²) in [6.45, 7) is 2.17. The highest BCUT2D eigenvalue weighted by Crippen LogP contribution is 2.36. The summed E-state index contributed by atoms with van der Waals surface area (Å²) >= 11 is 7.57. The van der Waals surface area contributed by atoms with E-state index in [0.717, 1.165) is 10.4 Å². The summed E-state index contributed by atoms with van der Waals surface area (Å²) in [6, 6.07) is 11.2. The second kappa shape index (κ2) is 7.18. The normalized spacial score (nSPS) is 14.3. The second-order valence-corrected chi connectivity index (χ2v) is 7.44. The van der Waals surface area contributed by atoms with E-state index in [0.29, 0.717) is 33.4 Å². The van der Waals surface area contributed by atoms with Gasteiger partial charge in [-0.1, -0.05) is 17.7 Å². The lowest BCUT2D eigenvalue weighted by atomic mass is 10.1. The van der Waals surface area contributed by atoms with Gasteiger partial charge in [0.2, 0.25) is 5.78 Å². The molecule has 0 saturated carbocycles. The quantitative estimate of drug-likeness (QED) is 0.500. The minimum atomic E-state index is -0.395. The molecule has 6 heteroatoms. The number of halogens is 2. The average Bonchev–Trinajstić information content (AvgIpc) is 3.18. The molecule has 2 aromatic carbocycles. The van der Waals surface area contributed by atoms with Crippen molar-refractivity contribution in [1.82, 2.24) is 0 Å². The van der Waals surface area contributed by atoms with Crippen LogP contribution in [0.5, 0.6) is 11.5 Å². The van der Waals surface area contributed by atoms with Crippen molar-refractivity contribution in [2.45, 2.75) is 13.5 Å². The highest BCUT2D eigenvalue weighted by atomic mass is 35.5. The van der Waals surface area contributed by atoms with Crippen molar-refractivity contribution < 1.29 is 18.7 Å². The topological polar surface area (TPSA) is 35.5 Å². The number of ketones is 1. The van der Waals surface area contributed by atoms with E-state index in [1.807, 2.05) is 18.4 Å². The van der Waals surface area contributed by atoms with Crippen molar-refractivity contribution in [3.8, 4) is 11.5 Å². The molecule has 0 radical (unpaired) electrons. The van der Waals surface area contributed by atoms with Crippen LogP contribution in [0.2, 0.25) is 5.02 Å². The third kappa shape index (κ3) is 3.61. The summed E-state index contributed by atoms with van der Waals surface area (Å²) in [5, 5.41) is 2.28. The van der Waals surface area contributed by atoms with Crippen LogP contribution in [-0.4, -0.2) is 5.78 Å². The van der Waals surface area contributed by atoms with Crippen LogP contribution in [0.1, 0.15) is 26.4 Å². The molecule has 0 saturated heterocycles. The van der Waals surface area contributed by atoms with Crippen molar-refractivity contribution in [1.29, 1.82) is 0 Å². The molecule has 0 bridgehead atoms. The van der Waals surface area contributed by atoms with Gasteiger partial charge in [0, 0.05) is 22.6 Å². The number of aryl methyl sites for hydroxylation is 1. The van der Waals surface area contributed by atoms with Gasteiger partial charge in [0.05, 0.1) is 10.6 Å². The maximum absolute atomic E-state index is 13.1. The molecule has 0 spiro atoms. The number of benzene rings is 2. The van der Waals surface area contributed by atoms with E-state index in [-0.39, 0.29) is 12.4 Å². The van der Waals surface area contributed by atoms with Crippen LogP contribution < -0.4 is 9.47 Å². The van der Waals surface area contributed by atoms with E-state index >= 15 is 0 Å². The number of ether oxygens (including phenoxy) is 2. The van der Waals surface area contributed by atoms with Crippen LogP contribution in [0.25, 0.3) is 6.08 Å². The van der Waals surface area contributed by atoms with Gasteiger partial charge in [-0.15, -0.1) is 11.3 Å². The van der Waals surface area contributed by atoms with Gasteiger partial charge in [-0.3, -0.25) is 4.79 Å². The van der Waals surface area contributed by atoms with Gasteiger partial charge in [0.15, 0.2) is 5.76 Å². The van der Waals surface area contributed by atoms with Gasteiger partial charge in [-0.05, 0) is 48.2 Å². The van der Waals surface area contributed by atoms with Crippen molar-refractivity contribution in [2.75, 3.05) is 0 Å². The Bertz CT molecular complexity index is 1070. The Labute approximate surface area is 164 Å². The van der Waals surface area contributed by atoms with Gasteiger partial charge in [0.1, 0.15) is 23.9 Å². The summed E-state index contributed by atoms with van der Waals surface area (Å²) < 4.78 is 24.6. The van der Waals surface area contributed by atoms with E-state index in [1.165, 1.54) is 12.1 Å². The number of carbonyl (C=O) groups is 1. The Morgan fingerprint density at radius 1 is 1.22 bits per heavy atom. The summed E-state index contributed by atoms with van der Waals surface area (Å²) in [7, 11) is 0. The van der Waals surface area contributed by atoms with Crippen LogP contribution in [0.4, 0.5) is 4.39 Å². The van der Waals surface area contributed by atoms with Gasteiger partial charge in [0.25, 0.3) is 0 Å². The Kier molecular flexibility index (Phi) is 4.72. The Hall–Kier alpha value is -2.63. The Morgan fingerprint density at radius 2 is 2.07 bits per heavy atom. The van der Waals surface area contributed by atoms with Crippen LogP contribution in [0.3, 0.4) is 0 Å². The van der Waals surface area contributed by atoms with Gasteiger partial charge >= 0.3 is 0 Å². The number of allylic oxidation sites excluding steroid dienone is 1. The zero-order valence-electron chi connectivity index (χ0n) is 14.3. The van der Waals surface area contributed by atoms with E-state index in [9.17, 15) is 9.18 Å². The predicted octanol–water partition coefficient (Wildman–Crippen LogP) is 6.04. The van der Waals surface area contributed by atoms with E-state index in [4.69, 9.17) is 21.1 Å². The molecule has 1 aliphatic rings. The molecule has 27 heavy (non-hydrogen) atoms. The first-order valence-electron chi connectivity index (χ1n) is 8.20. The predicted molar refractivity (Wildman–Crippen MR) is 104 cm³/mol. The molecule has 4 rings (SSSR count). The smallest absolute Gasteiger partial charge is 0.232 e. The third-order valence-electron chi connectivity index (χ3n) is 4.21. The van der Waals surface area contributed by atoms with Gasteiger partial charge < -0.3 is 9.47 Å². The van der Waals surface area contributed by atoms with Crippen molar-refractivity contribution >= 4 is 34.8 Å². The van der Waals surface area contributed by atoms with Crippen LogP contribution in [0.15, 0.2) is 53.6 Å². The molecule has 0 unspecified atom stereocenters. The molecular formula is C21H14ClFO3S. The lowest BCUT2D eigenvalue weighted by Gasteiger charge is -2.08. The molecule has 0 amide bonds. The first-order valence-corrected chi connectivity index (χ1v) is 9.46. The maximum atomic E-state index is 13.1. The lowest BCUT2D eigenvalue weighted by Crippen LogP contribution is -1.98. The SMILES string of the molecule is Cc1ccsc1/C=C1/Oc2cc(OCc3ccc(F)cc3Cl)ccc2C1=O. The lowest BCUT2D eigenvalue weighted by molar-refractivity contribution is 0.101. The number of hydrogen-bond donors (Lipinski definition) is 0. The van der Waals surface area contributed by atoms with Crippen LogP contribution in [-0.2, 0) is 6.61 Å². The fourth-order valence-electron chi connectivity index (χ4n) is 2.71. The molecule has 3 nitrogen and oxygen atoms in total. The molecule has 0 aliphatic carbocycles. The minimum absolute atomic E-state index is 0.147. The molecule has 1 aromatic heterocycles. The molecule has 2 heterocycles. The molecule has 0 fully saturated rings. The maximum Gasteiger partial charge on any atom is 0.232 e. The summed E-state index contributed by atoms with van der Waals surface area (Å²) in [6.07, 6.45) is 1.77. The van der Waals surface area contributed by atoms with Crippen LogP contribution >= 0.6 is 22.9 Å². The average molecular weight is 401 g/mol. The molecule has 0 atom stereocenters. The highest BCUT2D eigenvalue weighted by Gasteiger charge is 2.28. The highest BCUT2D eigenvalue weighted by molar-refractivity contribution is 7.11.